The van der Waals surface area contributed by atoms with Crippen molar-refractivity contribution in [2.75, 3.05) is 13.2 Å². The summed E-state index contributed by atoms with van der Waals surface area (Å²) in [6, 6.07) is 5.62. The number of aromatic nitrogens is 2. The van der Waals surface area contributed by atoms with Crippen molar-refractivity contribution >= 4 is 23.2 Å². The van der Waals surface area contributed by atoms with Crippen LogP contribution in [0.2, 0.25) is 10.0 Å². The molecular weight excluding hydrogens is 309 g/mol. The molecule has 114 valence electrons. The zero-order chi connectivity index (χ0) is 15.4. The molecule has 0 saturated heterocycles. The zero-order valence-corrected chi connectivity index (χ0v) is 13.7. The molecule has 0 aliphatic carbocycles. The van der Waals surface area contributed by atoms with Crippen LogP contribution in [-0.4, -0.2) is 32.9 Å². The van der Waals surface area contributed by atoms with E-state index in [9.17, 15) is 5.11 Å². The van der Waals surface area contributed by atoms with Crippen molar-refractivity contribution in [3.8, 4) is 0 Å². The first-order valence-corrected chi connectivity index (χ1v) is 7.51. The Kier molecular flexibility index (Phi) is 5.65. The minimum absolute atomic E-state index is 0.112. The highest BCUT2D eigenvalue weighted by Crippen LogP contribution is 2.23. The van der Waals surface area contributed by atoms with E-state index in [1.54, 1.807) is 6.07 Å². The van der Waals surface area contributed by atoms with Gasteiger partial charge in [-0.1, -0.05) is 29.3 Å². The molecule has 0 amide bonds. The van der Waals surface area contributed by atoms with Gasteiger partial charge in [-0.05, 0) is 24.6 Å². The quantitative estimate of drug-likeness (QED) is 0.886. The van der Waals surface area contributed by atoms with Gasteiger partial charge in [0.15, 0.2) is 0 Å². The Morgan fingerprint density at radius 1 is 1.24 bits per heavy atom. The summed E-state index contributed by atoms with van der Waals surface area (Å²) < 4.78 is 1.85. The van der Waals surface area contributed by atoms with Gasteiger partial charge < -0.3 is 5.11 Å². The fourth-order valence-electron chi connectivity index (χ4n) is 2.19. The molecule has 0 aliphatic rings. The van der Waals surface area contributed by atoms with Gasteiger partial charge in [-0.25, -0.2) is 0 Å². The molecule has 1 N–H and O–H groups in total. The number of hydrogen-bond donors (Lipinski definition) is 1. The standard InChI is InChI=1S/C15H19Cl2N3O/c1-11-13(8-18-19(11)2)10-20(5-6-21)9-12-3-4-14(16)15(17)7-12/h3-4,7-8,21H,5-6,9-10H2,1-2H3. The predicted molar refractivity (Wildman–Crippen MR) is 85.6 cm³/mol. The third-order valence-electron chi connectivity index (χ3n) is 3.54. The molecule has 1 aromatic heterocycles. The first kappa shape index (κ1) is 16.3. The Bertz CT molecular complexity index is 613. The van der Waals surface area contributed by atoms with Crippen LogP contribution >= 0.6 is 23.2 Å². The molecule has 6 heteroatoms. The molecule has 0 atom stereocenters. The molecular formula is C15H19Cl2N3O. The maximum atomic E-state index is 9.26. The number of rotatable bonds is 6. The summed E-state index contributed by atoms with van der Waals surface area (Å²) in [5.74, 6) is 0. The number of aliphatic hydroxyl groups is 1. The van der Waals surface area contributed by atoms with Crippen LogP contribution in [0.3, 0.4) is 0 Å². The number of halogens is 2. The van der Waals surface area contributed by atoms with Crippen LogP contribution in [0.25, 0.3) is 0 Å². The molecule has 0 saturated carbocycles. The van der Waals surface area contributed by atoms with Crippen LogP contribution in [-0.2, 0) is 20.1 Å². The molecule has 0 spiro atoms. The highest BCUT2D eigenvalue weighted by atomic mass is 35.5. The molecule has 0 unspecified atom stereocenters. The fourth-order valence-corrected chi connectivity index (χ4v) is 2.51. The summed E-state index contributed by atoms with van der Waals surface area (Å²) in [5.41, 5.74) is 3.36. The van der Waals surface area contributed by atoms with Crippen molar-refractivity contribution in [1.29, 1.82) is 0 Å². The highest BCUT2D eigenvalue weighted by Gasteiger charge is 2.11. The largest absolute Gasteiger partial charge is 0.395 e. The topological polar surface area (TPSA) is 41.3 Å². The fraction of sp³-hybridized carbons (Fsp3) is 0.400. The van der Waals surface area contributed by atoms with Gasteiger partial charge in [0.25, 0.3) is 0 Å². The number of aliphatic hydroxyl groups excluding tert-OH is 1. The van der Waals surface area contributed by atoms with Crippen LogP contribution in [0.5, 0.6) is 0 Å². The van der Waals surface area contributed by atoms with E-state index in [2.05, 4.69) is 10.00 Å². The molecule has 0 fully saturated rings. The van der Waals surface area contributed by atoms with E-state index >= 15 is 0 Å². The van der Waals surface area contributed by atoms with Gasteiger partial charge in [0.2, 0.25) is 0 Å². The SMILES string of the molecule is Cc1c(CN(CCO)Cc2ccc(Cl)c(Cl)c2)cnn1C. The van der Waals surface area contributed by atoms with Crippen LogP contribution < -0.4 is 0 Å². The Morgan fingerprint density at radius 2 is 2.00 bits per heavy atom. The first-order chi connectivity index (χ1) is 10.0. The van der Waals surface area contributed by atoms with E-state index in [-0.39, 0.29) is 6.61 Å². The lowest BCUT2D eigenvalue weighted by Crippen LogP contribution is -2.26. The molecule has 2 rings (SSSR count). The lowest BCUT2D eigenvalue weighted by molar-refractivity contribution is 0.184. The van der Waals surface area contributed by atoms with Crippen molar-refractivity contribution in [2.45, 2.75) is 20.0 Å². The Balaban J connectivity index is 2.11. The van der Waals surface area contributed by atoms with Crippen molar-refractivity contribution in [2.24, 2.45) is 7.05 Å². The second-order valence-corrected chi connectivity index (χ2v) is 5.88. The van der Waals surface area contributed by atoms with Crippen LogP contribution in [0.1, 0.15) is 16.8 Å². The molecule has 1 aromatic carbocycles. The molecule has 4 nitrogen and oxygen atoms in total. The molecule has 0 radical (unpaired) electrons. The molecule has 0 bridgehead atoms. The Morgan fingerprint density at radius 3 is 2.57 bits per heavy atom. The van der Waals surface area contributed by atoms with Gasteiger partial charge in [0.05, 0.1) is 22.8 Å². The van der Waals surface area contributed by atoms with Crippen molar-refractivity contribution < 1.29 is 5.11 Å². The summed E-state index contributed by atoms with van der Waals surface area (Å²) in [4.78, 5) is 2.16. The Labute approximate surface area is 134 Å². The van der Waals surface area contributed by atoms with Crippen LogP contribution in [0.15, 0.2) is 24.4 Å². The molecule has 1 heterocycles. The van der Waals surface area contributed by atoms with Crippen molar-refractivity contribution in [3.05, 3.63) is 51.3 Å². The smallest absolute Gasteiger partial charge is 0.0595 e. The predicted octanol–water partition coefficient (Wildman–Crippen LogP) is 3.03. The molecule has 2 aromatic rings. The van der Waals surface area contributed by atoms with Crippen molar-refractivity contribution in [1.82, 2.24) is 14.7 Å². The zero-order valence-electron chi connectivity index (χ0n) is 12.2. The highest BCUT2D eigenvalue weighted by molar-refractivity contribution is 6.42. The summed E-state index contributed by atoms with van der Waals surface area (Å²) in [7, 11) is 1.92. The third kappa shape index (κ3) is 4.20. The van der Waals surface area contributed by atoms with Crippen LogP contribution in [0, 0.1) is 6.92 Å². The first-order valence-electron chi connectivity index (χ1n) is 6.76. The van der Waals surface area contributed by atoms with E-state index in [1.165, 1.54) is 0 Å². The van der Waals surface area contributed by atoms with E-state index in [0.29, 0.717) is 23.1 Å². The van der Waals surface area contributed by atoms with Crippen molar-refractivity contribution in [3.63, 3.8) is 0 Å². The second kappa shape index (κ2) is 7.27. The second-order valence-electron chi connectivity index (χ2n) is 5.06. The number of aryl methyl sites for hydroxylation is 1. The van der Waals surface area contributed by atoms with Gasteiger partial charge >= 0.3 is 0 Å². The number of benzene rings is 1. The maximum absolute atomic E-state index is 9.26. The van der Waals surface area contributed by atoms with E-state index < -0.39 is 0 Å². The maximum Gasteiger partial charge on any atom is 0.0595 e. The normalized spacial score (nSPS) is 11.3. The number of nitrogens with zero attached hydrogens (tertiary/aromatic N) is 3. The summed E-state index contributed by atoms with van der Waals surface area (Å²) in [6.45, 7) is 4.18. The number of hydrogen-bond acceptors (Lipinski definition) is 3. The summed E-state index contributed by atoms with van der Waals surface area (Å²) in [6.07, 6.45) is 1.87. The van der Waals surface area contributed by atoms with Gasteiger partial charge in [0, 0.05) is 37.9 Å². The Hall–Kier alpha value is -1.07. The lowest BCUT2D eigenvalue weighted by Gasteiger charge is -2.21. The van der Waals surface area contributed by atoms with Gasteiger partial charge in [0.1, 0.15) is 0 Å². The van der Waals surface area contributed by atoms with Gasteiger partial charge in [-0.15, -0.1) is 0 Å². The van der Waals surface area contributed by atoms with E-state index in [1.807, 2.05) is 37.0 Å². The van der Waals surface area contributed by atoms with Gasteiger partial charge in [-0.3, -0.25) is 9.58 Å². The minimum Gasteiger partial charge on any atom is -0.395 e. The van der Waals surface area contributed by atoms with Crippen LogP contribution in [0.4, 0.5) is 0 Å². The summed E-state index contributed by atoms with van der Waals surface area (Å²) >= 11 is 12.0. The lowest BCUT2D eigenvalue weighted by atomic mass is 10.2. The average Bonchev–Trinajstić information content (AvgIpc) is 2.75. The average molecular weight is 328 g/mol. The molecule has 0 aliphatic heterocycles. The minimum atomic E-state index is 0.112. The van der Waals surface area contributed by atoms with Gasteiger partial charge in [-0.2, -0.15) is 5.10 Å². The molecule has 21 heavy (non-hydrogen) atoms. The van der Waals surface area contributed by atoms with E-state index in [0.717, 1.165) is 23.4 Å². The third-order valence-corrected chi connectivity index (χ3v) is 4.28. The van der Waals surface area contributed by atoms with E-state index in [4.69, 9.17) is 23.2 Å². The summed E-state index contributed by atoms with van der Waals surface area (Å²) in [5, 5.41) is 14.6. The monoisotopic (exact) mass is 327 g/mol.